The molecule has 3 nitrogen and oxygen atoms in total. The van der Waals surface area contributed by atoms with E-state index in [2.05, 4.69) is 50.4 Å². The van der Waals surface area contributed by atoms with Crippen LogP contribution >= 0.6 is 0 Å². The van der Waals surface area contributed by atoms with E-state index in [4.69, 9.17) is 5.73 Å². The number of nitrogens with one attached hydrogen (secondary N) is 1. The van der Waals surface area contributed by atoms with Crippen LogP contribution in [0.25, 0.3) is 0 Å². The highest BCUT2D eigenvalue weighted by molar-refractivity contribution is 5.82. The molecular weight excluding hydrogens is 260 g/mol. The lowest BCUT2D eigenvalue weighted by Crippen LogP contribution is -2.45. The zero-order chi connectivity index (χ0) is 16.0. The lowest BCUT2D eigenvalue weighted by atomic mass is 9.85. The Morgan fingerprint density at radius 2 is 1.81 bits per heavy atom. The fraction of sp³-hybridized carbons (Fsp3) is 0.611. The summed E-state index contributed by atoms with van der Waals surface area (Å²) in [4.78, 5) is 12.5. The van der Waals surface area contributed by atoms with Gasteiger partial charge in [0.25, 0.3) is 0 Å². The molecule has 0 fully saturated rings. The van der Waals surface area contributed by atoms with Crippen LogP contribution in [-0.4, -0.2) is 12.5 Å². The second kappa shape index (κ2) is 7.60. The van der Waals surface area contributed by atoms with Crippen LogP contribution in [-0.2, 0) is 11.2 Å². The van der Waals surface area contributed by atoms with Gasteiger partial charge in [0.1, 0.15) is 0 Å². The van der Waals surface area contributed by atoms with E-state index in [0.717, 1.165) is 18.4 Å². The van der Waals surface area contributed by atoms with Crippen molar-refractivity contribution in [3.05, 3.63) is 35.4 Å². The van der Waals surface area contributed by atoms with Crippen molar-refractivity contribution in [1.82, 2.24) is 5.32 Å². The molecule has 1 aromatic carbocycles. The number of rotatable bonds is 7. The number of hydrogen-bond acceptors (Lipinski definition) is 2. The van der Waals surface area contributed by atoms with E-state index in [9.17, 15) is 4.79 Å². The van der Waals surface area contributed by atoms with Crippen molar-refractivity contribution in [3.63, 3.8) is 0 Å². The van der Waals surface area contributed by atoms with E-state index in [-0.39, 0.29) is 11.9 Å². The molecule has 0 aliphatic carbocycles. The first kappa shape index (κ1) is 17.7. The second-order valence-corrected chi connectivity index (χ2v) is 6.41. The van der Waals surface area contributed by atoms with Gasteiger partial charge in [-0.05, 0) is 36.8 Å². The SMILES string of the molecule is CCc1ccc(C(NC(=O)C(C)(CC)CN)C(C)C)cc1. The van der Waals surface area contributed by atoms with Gasteiger partial charge >= 0.3 is 0 Å². The lowest BCUT2D eigenvalue weighted by Gasteiger charge is -2.30. The van der Waals surface area contributed by atoms with Crippen LogP contribution in [0.15, 0.2) is 24.3 Å². The van der Waals surface area contributed by atoms with Crippen molar-refractivity contribution in [1.29, 1.82) is 0 Å². The summed E-state index contributed by atoms with van der Waals surface area (Å²) >= 11 is 0. The molecule has 0 aromatic heterocycles. The van der Waals surface area contributed by atoms with Gasteiger partial charge in [-0.15, -0.1) is 0 Å². The average Bonchev–Trinajstić information content (AvgIpc) is 2.51. The molecule has 0 saturated heterocycles. The zero-order valence-electron chi connectivity index (χ0n) is 14.1. The highest BCUT2D eigenvalue weighted by atomic mass is 16.2. The van der Waals surface area contributed by atoms with Crippen LogP contribution in [0.2, 0.25) is 0 Å². The van der Waals surface area contributed by atoms with Crippen molar-refractivity contribution in [2.24, 2.45) is 17.1 Å². The van der Waals surface area contributed by atoms with E-state index in [1.807, 2.05) is 13.8 Å². The molecule has 3 heteroatoms. The van der Waals surface area contributed by atoms with Crippen molar-refractivity contribution in [2.45, 2.75) is 53.5 Å². The molecule has 0 bridgehead atoms. The zero-order valence-corrected chi connectivity index (χ0v) is 14.1. The topological polar surface area (TPSA) is 55.1 Å². The standard InChI is InChI=1S/C18H30N2O/c1-6-14-8-10-15(11-9-14)16(13(3)4)20-17(21)18(5,7-2)12-19/h8-11,13,16H,6-7,12,19H2,1-5H3,(H,20,21). The first-order chi connectivity index (χ1) is 9.87. The van der Waals surface area contributed by atoms with E-state index in [1.54, 1.807) is 0 Å². The van der Waals surface area contributed by atoms with Gasteiger partial charge in [0, 0.05) is 6.54 Å². The van der Waals surface area contributed by atoms with Crippen LogP contribution in [0.3, 0.4) is 0 Å². The molecule has 118 valence electrons. The third kappa shape index (κ3) is 4.31. The fourth-order valence-corrected chi connectivity index (χ4v) is 2.31. The van der Waals surface area contributed by atoms with Gasteiger partial charge in [-0.25, -0.2) is 0 Å². The molecule has 2 unspecified atom stereocenters. The second-order valence-electron chi connectivity index (χ2n) is 6.41. The summed E-state index contributed by atoms with van der Waals surface area (Å²) in [5, 5.41) is 3.19. The van der Waals surface area contributed by atoms with Crippen LogP contribution in [0, 0.1) is 11.3 Å². The Bertz CT molecular complexity index is 447. The quantitative estimate of drug-likeness (QED) is 0.808. The minimum absolute atomic E-state index is 0.0285. The van der Waals surface area contributed by atoms with Gasteiger partial charge in [-0.2, -0.15) is 0 Å². The van der Waals surface area contributed by atoms with Gasteiger partial charge in [-0.1, -0.05) is 52.0 Å². The smallest absolute Gasteiger partial charge is 0.227 e. The van der Waals surface area contributed by atoms with Crippen LogP contribution in [0.5, 0.6) is 0 Å². The summed E-state index contributed by atoms with van der Waals surface area (Å²) in [6.45, 7) is 10.7. The molecule has 0 radical (unpaired) electrons. The molecule has 0 spiro atoms. The van der Waals surface area contributed by atoms with E-state index >= 15 is 0 Å². The number of hydrogen-bond donors (Lipinski definition) is 2. The Balaban J connectivity index is 2.94. The fourth-order valence-electron chi connectivity index (χ4n) is 2.31. The van der Waals surface area contributed by atoms with E-state index in [0.29, 0.717) is 12.5 Å². The monoisotopic (exact) mass is 290 g/mol. The Morgan fingerprint density at radius 3 is 2.19 bits per heavy atom. The number of benzene rings is 1. The van der Waals surface area contributed by atoms with Crippen molar-refractivity contribution in [2.75, 3.05) is 6.54 Å². The summed E-state index contributed by atoms with van der Waals surface area (Å²) in [7, 11) is 0. The molecule has 21 heavy (non-hydrogen) atoms. The van der Waals surface area contributed by atoms with E-state index < -0.39 is 5.41 Å². The predicted molar refractivity (Wildman–Crippen MR) is 89.0 cm³/mol. The molecular formula is C18H30N2O. The van der Waals surface area contributed by atoms with Gasteiger partial charge in [0.2, 0.25) is 5.91 Å². The minimum Gasteiger partial charge on any atom is -0.349 e. The molecule has 0 heterocycles. The summed E-state index contributed by atoms with van der Waals surface area (Å²) < 4.78 is 0. The Morgan fingerprint density at radius 1 is 1.24 bits per heavy atom. The molecule has 1 amide bonds. The van der Waals surface area contributed by atoms with Crippen molar-refractivity contribution >= 4 is 5.91 Å². The Kier molecular flexibility index (Phi) is 6.41. The maximum atomic E-state index is 12.5. The molecule has 0 aliphatic rings. The van der Waals surface area contributed by atoms with Crippen LogP contribution < -0.4 is 11.1 Å². The predicted octanol–water partition coefficient (Wildman–Crippen LogP) is 3.44. The molecule has 2 atom stereocenters. The summed E-state index contributed by atoms with van der Waals surface area (Å²) in [6, 6.07) is 8.55. The molecule has 1 aromatic rings. The normalized spacial score (nSPS) is 15.6. The maximum Gasteiger partial charge on any atom is 0.227 e. The Labute approximate surface area is 129 Å². The largest absolute Gasteiger partial charge is 0.349 e. The summed E-state index contributed by atoms with van der Waals surface area (Å²) in [6.07, 6.45) is 1.77. The number of nitrogens with two attached hydrogens (primary N) is 1. The van der Waals surface area contributed by atoms with Crippen molar-refractivity contribution in [3.8, 4) is 0 Å². The number of aryl methyl sites for hydroxylation is 1. The molecule has 3 N–H and O–H groups in total. The first-order valence-corrected chi connectivity index (χ1v) is 7.97. The van der Waals surface area contributed by atoms with Gasteiger partial charge in [0.15, 0.2) is 0 Å². The van der Waals surface area contributed by atoms with Gasteiger partial charge in [0.05, 0.1) is 11.5 Å². The summed E-state index contributed by atoms with van der Waals surface area (Å²) in [5.41, 5.74) is 7.77. The maximum absolute atomic E-state index is 12.5. The van der Waals surface area contributed by atoms with E-state index in [1.165, 1.54) is 5.56 Å². The third-order valence-electron chi connectivity index (χ3n) is 4.48. The highest BCUT2D eigenvalue weighted by Gasteiger charge is 2.32. The highest BCUT2D eigenvalue weighted by Crippen LogP contribution is 2.26. The van der Waals surface area contributed by atoms with Crippen LogP contribution in [0.4, 0.5) is 0 Å². The lowest BCUT2D eigenvalue weighted by molar-refractivity contribution is -0.131. The van der Waals surface area contributed by atoms with Gasteiger partial charge < -0.3 is 11.1 Å². The summed E-state index contributed by atoms with van der Waals surface area (Å²) in [5.74, 6) is 0.381. The third-order valence-corrected chi connectivity index (χ3v) is 4.48. The Hall–Kier alpha value is -1.35. The van der Waals surface area contributed by atoms with Gasteiger partial charge in [-0.3, -0.25) is 4.79 Å². The van der Waals surface area contributed by atoms with Crippen molar-refractivity contribution < 1.29 is 4.79 Å². The average molecular weight is 290 g/mol. The molecule has 0 saturated carbocycles. The minimum atomic E-state index is -0.490. The number of amides is 1. The van der Waals surface area contributed by atoms with Crippen LogP contribution in [0.1, 0.15) is 58.2 Å². The first-order valence-electron chi connectivity index (χ1n) is 7.97. The molecule has 1 rings (SSSR count). The molecule has 0 aliphatic heterocycles. The number of carbonyl (C=O) groups excluding carboxylic acids is 1. The number of carbonyl (C=O) groups is 1.